The molecule has 1 aliphatic rings. The first kappa shape index (κ1) is 11.0. The van der Waals surface area contributed by atoms with Gasteiger partial charge >= 0.3 is 0 Å². The van der Waals surface area contributed by atoms with E-state index in [4.69, 9.17) is 0 Å². The molecule has 1 fully saturated rings. The van der Waals surface area contributed by atoms with Crippen LogP contribution in [0, 0.1) is 5.92 Å². The smallest absolute Gasteiger partial charge is 0.0107 e. The quantitative estimate of drug-likeness (QED) is 0.651. The summed E-state index contributed by atoms with van der Waals surface area (Å²) in [5, 5.41) is 6.93. The summed E-state index contributed by atoms with van der Waals surface area (Å²) in [7, 11) is 2.06. The second kappa shape index (κ2) is 6.39. The third-order valence-corrected chi connectivity index (χ3v) is 3.09. The van der Waals surface area contributed by atoms with Crippen LogP contribution >= 0.6 is 0 Å². The van der Waals surface area contributed by atoms with Gasteiger partial charge < -0.3 is 10.6 Å². The minimum atomic E-state index is 0.764. The third kappa shape index (κ3) is 3.65. The third-order valence-electron chi connectivity index (χ3n) is 3.09. The molecule has 1 aliphatic carbocycles. The maximum absolute atomic E-state index is 3.62. The monoisotopic (exact) mass is 184 g/mol. The molecule has 0 heterocycles. The van der Waals surface area contributed by atoms with E-state index in [0.29, 0.717) is 0 Å². The first-order chi connectivity index (χ1) is 6.38. The molecule has 0 aromatic heterocycles. The fourth-order valence-corrected chi connectivity index (χ4v) is 2.42. The predicted molar refractivity (Wildman–Crippen MR) is 58.0 cm³/mol. The molecule has 2 heteroatoms. The van der Waals surface area contributed by atoms with Gasteiger partial charge in [-0.15, -0.1) is 0 Å². The van der Waals surface area contributed by atoms with Crippen LogP contribution in [0.15, 0.2) is 0 Å². The molecule has 0 spiro atoms. The summed E-state index contributed by atoms with van der Waals surface area (Å²) in [6.07, 6.45) is 7.05. The first-order valence-corrected chi connectivity index (χ1v) is 5.76. The molecule has 2 nitrogen and oxygen atoms in total. The van der Waals surface area contributed by atoms with E-state index in [2.05, 4.69) is 24.6 Å². The van der Waals surface area contributed by atoms with Gasteiger partial charge in [0.1, 0.15) is 0 Å². The van der Waals surface area contributed by atoms with Gasteiger partial charge in [0.15, 0.2) is 0 Å². The molecule has 0 aromatic carbocycles. The molecule has 0 saturated heterocycles. The molecule has 2 atom stereocenters. The lowest BCUT2D eigenvalue weighted by Gasteiger charge is -2.25. The van der Waals surface area contributed by atoms with Gasteiger partial charge in [-0.25, -0.2) is 0 Å². The fraction of sp³-hybridized carbons (Fsp3) is 1.00. The number of rotatable bonds is 4. The molecule has 78 valence electrons. The van der Waals surface area contributed by atoms with Crippen LogP contribution in [0.3, 0.4) is 0 Å². The van der Waals surface area contributed by atoms with Gasteiger partial charge in [0, 0.05) is 6.04 Å². The lowest BCUT2D eigenvalue weighted by Crippen LogP contribution is -2.39. The molecule has 2 unspecified atom stereocenters. The average molecular weight is 184 g/mol. The van der Waals surface area contributed by atoms with E-state index in [1.54, 1.807) is 0 Å². The van der Waals surface area contributed by atoms with Gasteiger partial charge in [-0.05, 0) is 38.9 Å². The molecule has 1 saturated carbocycles. The topological polar surface area (TPSA) is 24.1 Å². The van der Waals surface area contributed by atoms with Crippen LogP contribution < -0.4 is 10.6 Å². The molecule has 0 radical (unpaired) electrons. The Labute approximate surface area is 82.5 Å². The summed E-state index contributed by atoms with van der Waals surface area (Å²) >= 11 is 0. The number of hydrogen-bond donors (Lipinski definition) is 2. The van der Waals surface area contributed by atoms with Crippen LogP contribution in [0.5, 0.6) is 0 Å². The standard InChI is InChI=1S/C11H24N2/c1-3-13-11-8-6-4-5-7-10(11)9-12-2/h10-13H,3-9H2,1-2H3. The van der Waals surface area contributed by atoms with Gasteiger partial charge in [-0.1, -0.05) is 26.2 Å². The van der Waals surface area contributed by atoms with E-state index in [0.717, 1.165) is 18.5 Å². The zero-order valence-electron chi connectivity index (χ0n) is 9.10. The molecule has 0 aromatic rings. The maximum atomic E-state index is 3.62. The van der Waals surface area contributed by atoms with Crippen molar-refractivity contribution in [2.24, 2.45) is 5.92 Å². The molecule has 1 rings (SSSR count). The van der Waals surface area contributed by atoms with Crippen LogP contribution in [0.2, 0.25) is 0 Å². The average Bonchev–Trinajstić information content (AvgIpc) is 2.33. The normalized spacial score (nSPS) is 30.0. The Bertz CT molecular complexity index is 111. The van der Waals surface area contributed by atoms with Gasteiger partial charge in [0.25, 0.3) is 0 Å². The summed E-state index contributed by atoms with van der Waals surface area (Å²) in [5.74, 6) is 0.854. The molecule has 13 heavy (non-hydrogen) atoms. The van der Waals surface area contributed by atoms with Crippen molar-refractivity contribution in [1.29, 1.82) is 0 Å². The molecule has 2 N–H and O–H groups in total. The summed E-state index contributed by atoms with van der Waals surface area (Å²) in [5.41, 5.74) is 0. The zero-order valence-corrected chi connectivity index (χ0v) is 9.10. The van der Waals surface area contributed by atoms with Crippen molar-refractivity contribution in [2.45, 2.75) is 45.1 Å². The summed E-state index contributed by atoms with van der Waals surface area (Å²) in [6, 6.07) is 0.764. The van der Waals surface area contributed by atoms with Crippen molar-refractivity contribution in [3.05, 3.63) is 0 Å². The second-order valence-electron chi connectivity index (χ2n) is 4.12. The largest absolute Gasteiger partial charge is 0.319 e. The van der Waals surface area contributed by atoms with E-state index in [1.807, 2.05) is 0 Å². The summed E-state index contributed by atoms with van der Waals surface area (Å²) in [6.45, 7) is 4.50. The van der Waals surface area contributed by atoms with E-state index in [-0.39, 0.29) is 0 Å². The van der Waals surface area contributed by atoms with Crippen molar-refractivity contribution in [2.75, 3.05) is 20.1 Å². The van der Waals surface area contributed by atoms with Crippen molar-refractivity contribution in [3.8, 4) is 0 Å². The first-order valence-electron chi connectivity index (χ1n) is 5.76. The molecule has 0 amide bonds. The summed E-state index contributed by atoms with van der Waals surface area (Å²) in [4.78, 5) is 0. The Morgan fingerprint density at radius 3 is 2.62 bits per heavy atom. The van der Waals surface area contributed by atoms with Crippen molar-refractivity contribution < 1.29 is 0 Å². The predicted octanol–water partition coefficient (Wildman–Crippen LogP) is 1.76. The van der Waals surface area contributed by atoms with E-state index >= 15 is 0 Å². The van der Waals surface area contributed by atoms with E-state index in [9.17, 15) is 0 Å². The van der Waals surface area contributed by atoms with Crippen molar-refractivity contribution in [1.82, 2.24) is 10.6 Å². The van der Waals surface area contributed by atoms with E-state index in [1.165, 1.54) is 38.6 Å². The summed E-state index contributed by atoms with van der Waals surface area (Å²) < 4.78 is 0. The SMILES string of the molecule is CCNC1CCCCCC1CNC. The lowest BCUT2D eigenvalue weighted by atomic mass is 9.95. The number of hydrogen-bond acceptors (Lipinski definition) is 2. The van der Waals surface area contributed by atoms with Crippen LogP contribution in [0.1, 0.15) is 39.0 Å². The van der Waals surface area contributed by atoms with Crippen LogP contribution in [0.25, 0.3) is 0 Å². The van der Waals surface area contributed by atoms with Crippen LogP contribution in [-0.4, -0.2) is 26.2 Å². The highest BCUT2D eigenvalue weighted by Gasteiger charge is 2.21. The van der Waals surface area contributed by atoms with Crippen LogP contribution in [-0.2, 0) is 0 Å². The van der Waals surface area contributed by atoms with Gasteiger partial charge in [0.2, 0.25) is 0 Å². The number of nitrogens with one attached hydrogen (secondary N) is 2. The Hall–Kier alpha value is -0.0800. The molecule has 0 bridgehead atoms. The lowest BCUT2D eigenvalue weighted by molar-refractivity contribution is 0.332. The highest BCUT2D eigenvalue weighted by molar-refractivity contribution is 4.80. The Morgan fingerprint density at radius 2 is 1.92 bits per heavy atom. The Morgan fingerprint density at radius 1 is 1.15 bits per heavy atom. The second-order valence-corrected chi connectivity index (χ2v) is 4.12. The zero-order chi connectivity index (χ0) is 9.52. The van der Waals surface area contributed by atoms with Gasteiger partial charge in [0.05, 0.1) is 0 Å². The van der Waals surface area contributed by atoms with Gasteiger partial charge in [-0.2, -0.15) is 0 Å². The highest BCUT2D eigenvalue weighted by atomic mass is 14.9. The Kier molecular flexibility index (Phi) is 5.40. The highest BCUT2D eigenvalue weighted by Crippen LogP contribution is 2.22. The minimum Gasteiger partial charge on any atom is -0.319 e. The minimum absolute atomic E-state index is 0.764. The molecular formula is C11H24N2. The molecular weight excluding hydrogens is 160 g/mol. The van der Waals surface area contributed by atoms with E-state index < -0.39 is 0 Å². The van der Waals surface area contributed by atoms with Crippen LogP contribution in [0.4, 0.5) is 0 Å². The Balaban J connectivity index is 2.40. The maximum Gasteiger partial charge on any atom is 0.0107 e. The van der Waals surface area contributed by atoms with Crippen molar-refractivity contribution in [3.63, 3.8) is 0 Å². The van der Waals surface area contributed by atoms with Gasteiger partial charge in [-0.3, -0.25) is 0 Å². The fourth-order valence-electron chi connectivity index (χ4n) is 2.42. The van der Waals surface area contributed by atoms with Crippen molar-refractivity contribution >= 4 is 0 Å². The molecule has 0 aliphatic heterocycles.